The minimum absolute atomic E-state index is 0.173. The molecule has 1 heterocycles. The summed E-state index contributed by atoms with van der Waals surface area (Å²) >= 11 is 0. The molecule has 0 bridgehead atoms. The molecule has 0 amide bonds. The maximum atomic E-state index is 13.3. The van der Waals surface area contributed by atoms with Gasteiger partial charge in [-0.15, -0.1) is 0 Å². The molecule has 0 aliphatic heterocycles. The molecule has 0 aliphatic rings. The molecule has 1 aromatic heterocycles. The van der Waals surface area contributed by atoms with Crippen molar-refractivity contribution in [2.45, 2.75) is 12.6 Å². The highest BCUT2D eigenvalue weighted by molar-refractivity contribution is 5.30. The van der Waals surface area contributed by atoms with Gasteiger partial charge in [-0.25, -0.2) is 14.4 Å². The van der Waals surface area contributed by atoms with Gasteiger partial charge in [0.1, 0.15) is 17.4 Å². The Hall–Kier alpha value is -2.79. The topological polar surface area (TPSA) is 38.2 Å². The number of nitrogens with zero attached hydrogens (tertiary/aromatic N) is 3. The lowest BCUT2D eigenvalue weighted by atomic mass is 10.0. The van der Waals surface area contributed by atoms with E-state index < -0.39 is 0 Å². The number of ether oxygens (including phenoxy) is 1. The minimum Gasteiger partial charge on any atom is -0.497 e. The fraction of sp³-hybridized carbons (Fsp3) is 0.200. The second-order valence-electron chi connectivity index (χ2n) is 5.83. The summed E-state index contributed by atoms with van der Waals surface area (Å²) in [6.07, 6.45) is 3.44. The van der Waals surface area contributed by atoms with E-state index in [-0.39, 0.29) is 11.9 Å². The van der Waals surface area contributed by atoms with Gasteiger partial charge in [-0.3, -0.25) is 4.90 Å². The molecule has 1 atom stereocenters. The molecule has 3 aromatic rings. The highest BCUT2D eigenvalue weighted by Gasteiger charge is 2.22. The molecule has 0 saturated heterocycles. The third kappa shape index (κ3) is 4.19. The average Bonchev–Trinajstić information content (AvgIpc) is 2.64. The van der Waals surface area contributed by atoms with Crippen LogP contribution in [0.25, 0.3) is 0 Å². The van der Waals surface area contributed by atoms with Crippen molar-refractivity contribution in [2.75, 3.05) is 14.2 Å². The molecule has 0 spiro atoms. The predicted octanol–water partition coefficient (Wildman–Crippen LogP) is 3.85. The van der Waals surface area contributed by atoms with Crippen LogP contribution in [0.5, 0.6) is 5.75 Å². The first-order valence-corrected chi connectivity index (χ1v) is 8.03. The van der Waals surface area contributed by atoms with Gasteiger partial charge in [-0.05, 0) is 48.5 Å². The van der Waals surface area contributed by atoms with Gasteiger partial charge >= 0.3 is 0 Å². The summed E-state index contributed by atoms with van der Waals surface area (Å²) in [4.78, 5) is 10.9. The van der Waals surface area contributed by atoms with Gasteiger partial charge in [0.25, 0.3) is 0 Å². The lowest BCUT2D eigenvalue weighted by Gasteiger charge is -2.27. The van der Waals surface area contributed by atoms with Gasteiger partial charge in [0.05, 0.1) is 13.2 Å². The van der Waals surface area contributed by atoms with Crippen LogP contribution in [0.15, 0.2) is 67.0 Å². The molecule has 0 radical (unpaired) electrons. The van der Waals surface area contributed by atoms with Gasteiger partial charge in [-0.2, -0.15) is 0 Å². The number of halogens is 1. The SMILES string of the molecule is COc1cccc(CN(C)[C@H](c2ccc(F)cc2)c2ncccn2)c1. The van der Waals surface area contributed by atoms with Crippen LogP contribution in [0.3, 0.4) is 0 Å². The second-order valence-corrected chi connectivity index (χ2v) is 5.83. The van der Waals surface area contributed by atoms with Crippen LogP contribution in [-0.4, -0.2) is 29.0 Å². The quantitative estimate of drug-likeness (QED) is 0.685. The molecule has 5 heteroatoms. The van der Waals surface area contributed by atoms with Gasteiger partial charge in [0.2, 0.25) is 0 Å². The largest absolute Gasteiger partial charge is 0.497 e. The Bertz CT molecular complexity index is 809. The van der Waals surface area contributed by atoms with Gasteiger partial charge in [0.15, 0.2) is 0 Å². The van der Waals surface area contributed by atoms with E-state index in [4.69, 9.17) is 4.74 Å². The zero-order valence-corrected chi connectivity index (χ0v) is 14.3. The van der Waals surface area contributed by atoms with E-state index in [2.05, 4.69) is 14.9 Å². The molecule has 0 saturated carbocycles. The van der Waals surface area contributed by atoms with Gasteiger partial charge in [-0.1, -0.05) is 24.3 Å². The van der Waals surface area contributed by atoms with E-state index in [0.717, 1.165) is 16.9 Å². The average molecular weight is 337 g/mol. The number of hydrogen-bond donors (Lipinski definition) is 0. The fourth-order valence-electron chi connectivity index (χ4n) is 2.85. The first-order chi connectivity index (χ1) is 12.2. The molecule has 0 aliphatic carbocycles. The first kappa shape index (κ1) is 17.0. The van der Waals surface area contributed by atoms with Crippen molar-refractivity contribution in [1.29, 1.82) is 0 Å². The summed E-state index contributed by atoms with van der Waals surface area (Å²) in [5.41, 5.74) is 2.06. The Morgan fingerprint density at radius 1 is 1.04 bits per heavy atom. The zero-order valence-electron chi connectivity index (χ0n) is 14.3. The maximum Gasteiger partial charge on any atom is 0.149 e. The normalized spacial score (nSPS) is 12.2. The first-order valence-electron chi connectivity index (χ1n) is 8.03. The molecule has 25 heavy (non-hydrogen) atoms. The summed E-state index contributed by atoms with van der Waals surface area (Å²) in [6.45, 7) is 0.678. The van der Waals surface area contributed by atoms with Crippen molar-refractivity contribution in [3.8, 4) is 5.75 Å². The molecular weight excluding hydrogens is 317 g/mol. The van der Waals surface area contributed by atoms with Crippen LogP contribution >= 0.6 is 0 Å². The molecule has 128 valence electrons. The van der Waals surface area contributed by atoms with Crippen LogP contribution in [0.4, 0.5) is 4.39 Å². The predicted molar refractivity (Wildman–Crippen MR) is 94.7 cm³/mol. The van der Waals surface area contributed by atoms with E-state index in [1.165, 1.54) is 12.1 Å². The maximum absolute atomic E-state index is 13.3. The van der Waals surface area contributed by atoms with Gasteiger partial charge in [0, 0.05) is 18.9 Å². The van der Waals surface area contributed by atoms with Crippen molar-refractivity contribution < 1.29 is 9.13 Å². The molecule has 0 unspecified atom stereocenters. The molecule has 0 fully saturated rings. The van der Waals surface area contributed by atoms with Crippen LogP contribution in [0.1, 0.15) is 23.0 Å². The van der Waals surface area contributed by atoms with Crippen molar-refractivity contribution >= 4 is 0 Å². The fourth-order valence-corrected chi connectivity index (χ4v) is 2.85. The van der Waals surface area contributed by atoms with E-state index in [0.29, 0.717) is 12.4 Å². The standard InChI is InChI=1S/C20H20FN3O/c1-24(14-15-5-3-6-18(13-15)25-2)19(20-22-11-4-12-23-20)16-7-9-17(21)10-8-16/h3-13,19H,14H2,1-2H3/t19-/m1/s1. The number of methoxy groups -OCH3 is 1. The van der Waals surface area contributed by atoms with Crippen LogP contribution in [-0.2, 0) is 6.54 Å². The smallest absolute Gasteiger partial charge is 0.149 e. The van der Waals surface area contributed by atoms with Gasteiger partial charge < -0.3 is 4.74 Å². The monoisotopic (exact) mass is 337 g/mol. The summed E-state index contributed by atoms with van der Waals surface area (Å²) in [6, 6.07) is 16.0. The van der Waals surface area contributed by atoms with Crippen molar-refractivity contribution in [3.05, 3.63) is 89.8 Å². The number of benzene rings is 2. The van der Waals surface area contributed by atoms with Crippen molar-refractivity contribution in [1.82, 2.24) is 14.9 Å². The number of aromatic nitrogens is 2. The molecule has 0 N–H and O–H groups in total. The summed E-state index contributed by atoms with van der Waals surface area (Å²) in [7, 11) is 3.66. The van der Waals surface area contributed by atoms with Crippen LogP contribution < -0.4 is 4.74 Å². The summed E-state index contributed by atoms with van der Waals surface area (Å²) < 4.78 is 18.6. The Labute approximate surface area is 146 Å². The van der Waals surface area contributed by atoms with Crippen molar-refractivity contribution in [2.24, 2.45) is 0 Å². The Morgan fingerprint density at radius 2 is 1.76 bits per heavy atom. The highest BCUT2D eigenvalue weighted by atomic mass is 19.1. The van der Waals surface area contributed by atoms with E-state index in [1.54, 1.807) is 37.7 Å². The van der Waals surface area contributed by atoms with Crippen LogP contribution in [0, 0.1) is 5.82 Å². The Balaban J connectivity index is 1.91. The van der Waals surface area contributed by atoms with Crippen molar-refractivity contribution in [3.63, 3.8) is 0 Å². The molecule has 3 rings (SSSR count). The Morgan fingerprint density at radius 3 is 2.44 bits per heavy atom. The third-order valence-corrected chi connectivity index (χ3v) is 4.02. The number of rotatable bonds is 6. The molecule has 4 nitrogen and oxygen atoms in total. The van der Waals surface area contributed by atoms with E-state index in [9.17, 15) is 4.39 Å². The molecule has 2 aromatic carbocycles. The lowest BCUT2D eigenvalue weighted by molar-refractivity contribution is 0.260. The second kappa shape index (κ2) is 7.85. The lowest BCUT2D eigenvalue weighted by Crippen LogP contribution is -2.26. The minimum atomic E-state index is -0.257. The molecular formula is C20H20FN3O. The summed E-state index contributed by atoms with van der Waals surface area (Å²) in [5.74, 6) is 1.24. The van der Waals surface area contributed by atoms with E-state index >= 15 is 0 Å². The number of hydrogen-bond acceptors (Lipinski definition) is 4. The van der Waals surface area contributed by atoms with Crippen LogP contribution in [0.2, 0.25) is 0 Å². The zero-order chi connectivity index (χ0) is 17.6. The summed E-state index contributed by atoms with van der Waals surface area (Å²) in [5, 5.41) is 0. The third-order valence-electron chi connectivity index (χ3n) is 4.02. The highest BCUT2D eigenvalue weighted by Crippen LogP contribution is 2.27. The van der Waals surface area contributed by atoms with E-state index in [1.807, 2.05) is 31.3 Å². The Kier molecular flexibility index (Phi) is 5.36.